The van der Waals surface area contributed by atoms with Gasteiger partial charge in [0, 0.05) is 6.92 Å². The molecule has 0 atom stereocenters. The van der Waals surface area contributed by atoms with E-state index in [1.54, 1.807) is 0 Å². The SMILES string of the molecule is Cc1n(C)cc[n+]1C.[OH-]. The molecule has 0 saturated heterocycles. The van der Waals surface area contributed by atoms with Gasteiger partial charge in [0.05, 0.1) is 14.1 Å². The number of rotatable bonds is 0. The third-order valence-electron chi connectivity index (χ3n) is 1.53. The summed E-state index contributed by atoms with van der Waals surface area (Å²) in [5.74, 6) is 1.27. The van der Waals surface area contributed by atoms with Crippen molar-refractivity contribution in [3.63, 3.8) is 0 Å². The highest BCUT2D eigenvalue weighted by atomic mass is 16.0. The summed E-state index contributed by atoms with van der Waals surface area (Å²) in [5, 5.41) is 0. The highest BCUT2D eigenvalue weighted by Crippen LogP contribution is 1.84. The lowest BCUT2D eigenvalue weighted by atomic mass is 10.7. The Morgan fingerprint density at radius 3 is 2.22 bits per heavy atom. The van der Waals surface area contributed by atoms with E-state index in [0.29, 0.717) is 0 Å². The summed E-state index contributed by atoms with van der Waals surface area (Å²) in [6, 6.07) is 0. The van der Waals surface area contributed by atoms with Crippen molar-refractivity contribution < 1.29 is 10.0 Å². The first-order chi connectivity index (χ1) is 3.72. The first-order valence-corrected chi connectivity index (χ1v) is 2.69. The van der Waals surface area contributed by atoms with E-state index in [9.17, 15) is 0 Å². The molecule has 1 aromatic heterocycles. The Balaban J connectivity index is 0.000000640. The summed E-state index contributed by atoms with van der Waals surface area (Å²) < 4.78 is 4.17. The first kappa shape index (κ1) is 8.17. The van der Waals surface area contributed by atoms with Crippen molar-refractivity contribution in [2.24, 2.45) is 14.1 Å². The van der Waals surface area contributed by atoms with Crippen LogP contribution in [0.15, 0.2) is 12.4 Å². The van der Waals surface area contributed by atoms with E-state index in [1.807, 2.05) is 26.5 Å². The summed E-state index contributed by atoms with van der Waals surface area (Å²) in [5.41, 5.74) is 0. The Morgan fingerprint density at radius 1 is 1.56 bits per heavy atom. The van der Waals surface area contributed by atoms with Gasteiger partial charge in [-0.2, -0.15) is 0 Å². The molecule has 0 aromatic carbocycles. The zero-order chi connectivity index (χ0) is 6.15. The molecule has 0 saturated carbocycles. The molecule has 3 heteroatoms. The number of aryl methyl sites for hydroxylation is 2. The van der Waals surface area contributed by atoms with Gasteiger partial charge in [-0.1, -0.05) is 0 Å². The van der Waals surface area contributed by atoms with Crippen LogP contribution < -0.4 is 4.57 Å². The maximum atomic E-state index is 2.08. The smallest absolute Gasteiger partial charge is 0.252 e. The van der Waals surface area contributed by atoms with Gasteiger partial charge in [0.2, 0.25) is 0 Å². The van der Waals surface area contributed by atoms with Crippen molar-refractivity contribution in [2.75, 3.05) is 0 Å². The van der Waals surface area contributed by atoms with Crippen LogP contribution in [0.25, 0.3) is 0 Å². The molecule has 0 aliphatic rings. The van der Waals surface area contributed by atoms with Crippen molar-refractivity contribution in [2.45, 2.75) is 6.92 Å². The van der Waals surface area contributed by atoms with Crippen LogP contribution in [0.1, 0.15) is 5.82 Å². The summed E-state index contributed by atoms with van der Waals surface area (Å²) in [6.45, 7) is 2.08. The van der Waals surface area contributed by atoms with E-state index in [4.69, 9.17) is 0 Å². The van der Waals surface area contributed by atoms with Gasteiger partial charge in [0.15, 0.2) is 0 Å². The van der Waals surface area contributed by atoms with Gasteiger partial charge in [-0.15, -0.1) is 0 Å². The van der Waals surface area contributed by atoms with Crippen molar-refractivity contribution in [3.05, 3.63) is 18.2 Å². The normalized spacial score (nSPS) is 8.78. The predicted octanol–water partition coefficient (Wildman–Crippen LogP) is -0.0188. The van der Waals surface area contributed by atoms with Gasteiger partial charge in [-0.05, 0) is 0 Å². The second-order valence-corrected chi connectivity index (χ2v) is 2.07. The minimum atomic E-state index is 0. The molecule has 0 radical (unpaired) electrons. The summed E-state index contributed by atoms with van der Waals surface area (Å²) >= 11 is 0. The quantitative estimate of drug-likeness (QED) is 0.452. The highest BCUT2D eigenvalue weighted by molar-refractivity contribution is 4.75. The Kier molecular flexibility index (Phi) is 2.40. The molecule has 1 N–H and O–H groups in total. The zero-order valence-corrected chi connectivity index (χ0v) is 6.00. The lowest BCUT2D eigenvalue weighted by molar-refractivity contribution is -0.677. The fourth-order valence-electron chi connectivity index (χ4n) is 0.665. The Labute approximate surface area is 54.9 Å². The van der Waals surface area contributed by atoms with E-state index in [1.165, 1.54) is 5.82 Å². The summed E-state index contributed by atoms with van der Waals surface area (Å²) in [7, 11) is 4.07. The summed E-state index contributed by atoms with van der Waals surface area (Å²) in [4.78, 5) is 0. The molecule has 9 heavy (non-hydrogen) atoms. The molecule has 1 rings (SSSR count). The Morgan fingerprint density at radius 2 is 2.11 bits per heavy atom. The molecule has 3 nitrogen and oxygen atoms in total. The van der Waals surface area contributed by atoms with Crippen LogP contribution >= 0.6 is 0 Å². The topological polar surface area (TPSA) is 38.8 Å². The van der Waals surface area contributed by atoms with E-state index in [-0.39, 0.29) is 5.48 Å². The predicted molar refractivity (Wildman–Crippen MR) is 33.3 cm³/mol. The number of hydrogen-bond donors (Lipinski definition) is 0. The van der Waals surface area contributed by atoms with Gasteiger partial charge >= 0.3 is 0 Å². The van der Waals surface area contributed by atoms with Crippen molar-refractivity contribution in [1.82, 2.24) is 4.57 Å². The average molecular weight is 128 g/mol. The molecule has 0 amide bonds. The molecule has 0 fully saturated rings. The molecule has 52 valence electrons. The Hall–Kier alpha value is -0.830. The van der Waals surface area contributed by atoms with Crippen molar-refractivity contribution >= 4 is 0 Å². The maximum Gasteiger partial charge on any atom is 0.252 e. The molecular formula is C6H12N2O. The largest absolute Gasteiger partial charge is 0.870 e. The molecule has 1 aromatic rings. The number of imidazole rings is 1. The average Bonchev–Trinajstić information content (AvgIpc) is 1.98. The third-order valence-corrected chi connectivity index (χ3v) is 1.53. The molecule has 0 aliphatic heterocycles. The molecule has 0 unspecified atom stereocenters. The summed E-state index contributed by atoms with van der Waals surface area (Å²) in [6.07, 6.45) is 4.07. The van der Waals surface area contributed by atoms with E-state index >= 15 is 0 Å². The van der Waals surface area contributed by atoms with Gasteiger partial charge in [-0.3, -0.25) is 0 Å². The van der Waals surface area contributed by atoms with Gasteiger partial charge < -0.3 is 5.48 Å². The second kappa shape index (κ2) is 2.64. The zero-order valence-electron chi connectivity index (χ0n) is 6.00. The maximum absolute atomic E-state index is 2.08. The molecule has 0 spiro atoms. The molecule has 0 bridgehead atoms. The van der Waals surface area contributed by atoms with Crippen LogP contribution in [-0.2, 0) is 14.1 Å². The standard InChI is InChI=1S/C6H11N2.H2O/c1-6-7(2)4-5-8(6)3;/h4-5H,1-3H3;1H2/q+1;/p-1. The van der Waals surface area contributed by atoms with Crippen molar-refractivity contribution in [1.29, 1.82) is 0 Å². The lowest BCUT2D eigenvalue weighted by Crippen LogP contribution is -2.29. The number of hydrogen-bond acceptors (Lipinski definition) is 1. The highest BCUT2D eigenvalue weighted by Gasteiger charge is 2.00. The van der Waals surface area contributed by atoms with E-state index in [0.717, 1.165) is 0 Å². The van der Waals surface area contributed by atoms with Crippen LogP contribution in [0, 0.1) is 6.92 Å². The Bertz CT molecular complexity index is 173. The first-order valence-electron chi connectivity index (χ1n) is 2.69. The van der Waals surface area contributed by atoms with Gasteiger partial charge in [-0.25, -0.2) is 9.13 Å². The molecular weight excluding hydrogens is 116 g/mol. The van der Waals surface area contributed by atoms with Crippen LogP contribution in [0.4, 0.5) is 0 Å². The van der Waals surface area contributed by atoms with Gasteiger partial charge in [0.1, 0.15) is 12.4 Å². The number of nitrogens with zero attached hydrogens (tertiary/aromatic N) is 2. The second-order valence-electron chi connectivity index (χ2n) is 2.07. The third kappa shape index (κ3) is 1.29. The van der Waals surface area contributed by atoms with Crippen molar-refractivity contribution in [3.8, 4) is 0 Å². The molecule has 1 heterocycles. The minimum Gasteiger partial charge on any atom is -0.870 e. The van der Waals surface area contributed by atoms with Crippen LogP contribution in [-0.4, -0.2) is 10.0 Å². The fourth-order valence-corrected chi connectivity index (χ4v) is 0.665. The van der Waals surface area contributed by atoms with Gasteiger partial charge in [0.25, 0.3) is 5.82 Å². The molecule has 0 aliphatic carbocycles. The lowest BCUT2D eigenvalue weighted by Gasteiger charge is -1.84. The van der Waals surface area contributed by atoms with Crippen LogP contribution in [0.5, 0.6) is 0 Å². The fraction of sp³-hybridized carbons (Fsp3) is 0.500. The number of aromatic nitrogens is 2. The monoisotopic (exact) mass is 128 g/mol. The van der Waals surface area contributed by atoms with Crippen LogP contribution in [0.3, 0.4) is 0 Å². The van der Waals surface area contributed by atoms with E-state index in [2.05, 4.69) is 16.1 Å². The minimum absolute atomic E-state index is 0. The van der Waals surface area contributed by atoms with E-state index < -0.39 is 0 Å². The van der Waals surface area contributed by atoms with Crippen LogP contribution in [0.2, 0.25) is 0 Å².